The number of ether oxygens (including phenoxy) is 4. The predicted molar refractivity (Wildman–Crippen MR) is 119 cm³/mol. The Balaban J connectivity index is 1.47. The fourth-order valence-electron chi connectivity index (χ4n) is 3.68. The molecule has 3 aromatic carbocycles. The Bertz CT molecular complexity index is 1260. The lowest BCUT2D eigenvalue weighted by Crippen LogP contribution is -2.45. The lowest BCUT2D eigenvalue weighted by Gasteiger charge is -2.36. The van der Waals surface area contributed by atoms with E-state index in [1.54, 1.807) is 43.5 Å². The smallest absolute Gasteiger partial charge is 0.239 e. The molecule has 0 amide bonds. The molecule has 0 spiro atoms. The molecule has 32 heavy (non-hydrogen) atoms. The first-order valence-electron chi connectivity index (χ1n) is 9.94. The minimum absolute atomic E-state index is 0.326. The predicted octanol–water partition coefficient (Wildman–Crippen LogP) is 4.96. The Labute approximate surface area is 187 Å². The zero-order chi connectivity index (χ0) is 22.2. The summed E-state index contributed by atoms with van der Waals surface area (Å²) in [7, 11) is 3.09. The van der Waals surface area contributed by atoms with Gasteiger partial charge >= 0.3 is 0 Å². The number of aliphatic hydroxyl groups is 1. The van der Waals surface area contributed by atoms with Gasteiger partial charge in [0.15, 0.2) is 6.10 Å². The van der Waals surface area contributed by atoms with Gasteiger partial charge in [-0.3, -0.25) is 0 Å². The van der Waals surface area contributed by atoms with Crippen molar-refractivity contribution >= 4 is 21.6 Å². The summed E-state index contributed by atoms with van der Waals surface area (Å²) < 4.78 is 37.0. The quantitative estimate of drug-likeness (QED) is 0.461. The number of hydrogen-bond acceptors (Lipinski definition) is 7. The Morgan fingerprint density at radius 3 is 2.53 bits per heavy atom. The molecule has 5 rings (SSSR count). The van der Waals surface area contributed by atoms with E-state index in [9.17, 15) is 9.50 Å². The van der Waals surface area contributed by atoms with Crippen molar-refractivity contribution in [2.45, 2.75) is 18.5 Å². The largest absolute Gasteiger partial charge is 0.497 e. The van der Waals surface area contributed by atoms with Gasteiger partial charge in [0, 0.05) is 24.3 Å². The summed E-state index contributed by atoms with van der Waals surface area (Å²) in [5.74, 6) is 1.43. The first-order valence-corrected chi connectivity index (χ1v) is 10.8. The van der Waals surface area contributed by atoms with Crippen LogP contribution in [0.4, 0.5) is 4.39 Å². The molecule has 1 unspecified atom stereocenters. The van der Waals surface area contributed by atoms with Gasteiger partial charge in [0.25, 0.3) is 0 Å². The number of hydrogen-bond donors (Lipinski definition) is 1. The van der Waals surface area contributed by atoms with E-state index in [4.69, 9.17) is 18.9 Å². The van der Waals surface area contributed by atoms with Gasteiger partial charge in [-0.25, -0.2) is 9.37 Å². The van der Waals surface area contributed by atoms with Crippen molar-refractivity contribution in [3.8, 4) is 27.8 Å². The van der Waals surface area contributed by atoms with Gasteiger partial charge in [-0.05, 0) is 54.6 Å². The van der Waals surface area contributed by atoms with Crippen molar-refractivity contribution in [2.75, 3.05) is 14.2 Å². The van der Waals surface area contributed by atoms with E-state index >= 15 is 0 Å². The van der Waals surface area contributed by atoms with Crippen LogP contribution in [0.5, 0.6) is 17.2 Å². The van der Waals surface area contributed by atoms with Gasteiger partial charge in [0.1, 0.15) is 34.2 Å². The molecule has 4 aromatic rings. The highest BCUT2D eigenvalue weighted by Crippen LogP contribution is 2.41. The lowest BCUT2D eigenvalue weighted by atomic mass is 9.97. The van der Waals surface area contributed by atoms with E-state index in [0.717, 1.165) is 15.3 Å². The average molecular weight is 453 g/mol. The molecule has 1 aliphatic heterocycles. The van der Waals surface area contributed by atoms with Crippen molar-refractivity contribution in [2.24, 2.45) is 0 Å². The second-order valence-corrected chi connectivity index (χ2v) is 8.34. The molecule has 2 heterocycles. The number of thiazole rings is 1. The SMILES string of the molecule is COc1ccc(O[C@H]2C(O)c3cc(-c4nc5cc(F)ccc5s4)ccc3O[C@H]2OC)cc1. The van der Waals surface area contributed by atoms with Gasteiger partial charge in [-0.1, -0.05) is 0 Å². The number of halogens is 1. The number of aliphatic hydroxyl groups excluding tert-OH is 1. The Morgan fingerprint density at radius 1 is 1.00 bits per heavy atom. The summed E-state index contributed by atoms with van der Waals surface area (Å²) in [5.41, 5.74) is 1.96. The molecule has 0 saturated heterocycles. The van der Waals surface area contributed by atoms with Crippen molar-refractivity contribution in [1.29, 1.82) is 0 Å². The Kier molecular flexibility index (Phi) is 5.42. The van der Waals surface area contributed by atoms with Gasteiger partial charge in [0.2, 0.25) is 6.29 Å². The van der Waals surface area contributed by atoms with E-state index in [2.05, 4.69) is 4.98 Å². The van der Waals surface area contributed by atoms with Crippen LogP contribution in [-0.4, -0.2) is 36.7 Å². The summed E-state index contributed by atoms with van der Waals surface area (Å²) in [6, 6.07) is 17.1. The molecule has 0 aliphatic carbocycles. The van der Waals surface area contributed by atoms with Crippen LogP contribution in [0.15, 0.2) is 60.7 Å². The maximum absolute atomic E-state index is 13.5. The number of rotatable bonds is 5. The summed E-state index contributed by atoms with van der Waals surface area (Å²) in [4.78, 5) is 4.54. The van der Waals surface area contributed by atoms with E-state index in [1.165, 1.54) is 30.6 Å². The van der Waals surface area contributed by atoms with Crippen LogP contribution in [0.1, 0.15) is 11.7 Å². The Hall–Kier alpha value is -3.20. The molecule has 3 atom stereocenters. The highest BCUT2D eigenvalue weighted by atomic mass is 32.1. The van der Waals surface area contributed by atoms with E-state index in [-0.39, 0.29) is 5.82 Å². The third-order valence-electron chi connectivity index (χ3n) is 5.31. The molecule has 6 nitrogen and oxygen atoms in total. The molecular weight excluding hydrogens is 433 g/mol. The van der Waals surface area contributed by atoms with E-state index in [0.29, 0.717) is 28.3 Å². The number of methoxy groups -OCH3 is 2. The van der Waals surface area contributed by atoms with Crippen LogP contribution in [0.2, 0.25) is 0 Å². The second-order valence-electron chi connectivity index (χ2n) is 7.31. The molecule has 0 fully saturated rings. The molecule has 8 heteroatoms. The lowest BCUT2D eigenvalue weighted by molar-refractivity contribution is -0.165. The van der Waals surface area contributed by atoms with Crippen LogP contribution in [0, 0.1) is 5.82 Å². The highest BCUT2D eigenvalue weighted by molar-refractivity contribution is 7.21. The maximum atomic E-state index is 13.5. The van der Waals surface area contributed by atoms with Crippen LogP contribution < -0.4 is 14.2 Å². The first-order chi connectivity index (χ1) is 15.6. The first kappa shape index (κ1) is 20.7. The number of nitrogens with zero attached hydrogens (tertiary/aromatic N) is 1. The van der Waals surface area contributed by atoms with Gasteiger partial charge in [-0.2, -0.15) is 0 Å². The fraction of sp³-hybridized carbons (Fsp3) is 0.208. The topological polar surface area (TPSA) is 70.0 Å². The standard InChI is InChI=1S/C24H20FNO5S/c1-28-15-5-7-16(8-6-15)30-22-21(27)17-11-13(3-9-19(17)31-24(22)29-2)23-26-18-12-14(25)4-10-20(18)32-23/h3-12,21-22,24,27H,1-2H3/t21?,22-,24+/m0/s1. The number of fused-ring (bicyclic) bond motifs is 2. The second kappa shape index (κ2) is 8.38. The van der Waals surface area contributed by atoms with Crippen LogP contribution in [0.3, 0.4) is 0 Å². The average Bonchev–Trinajstić information content (AvgIpc) is 3.24. The van der Waals surface area contributed by atoms with Crippen molar-refractivity contribution in [3.63, 3.8) is 0 Å². The minimum atomic E-state index is -1.00. The fourth-order valence-corrected chi connectivity index (χ4v) is 4.62. The molecule has 0 saturated carbocycles. The maximum Gasteiger partial charge on any atom is 0.239 e. The van der Waals surface area contributed by atoms with Crippen molar-refractivity contribution in [3.05, 3.63) is 72.0 Å². The summed E-state index contributed by atoms with van der Waals surface area (Å²) in [6.45, 7) is 0. The van der Waals surface area contributed by atoms with Gasteiger partial charge in [0.05, 0.1) is 17.3 Å². The van der Waals surface area contributed by atoms with Crippen molar-refractivity contribution in [1.82, 2.24) is 4.98 Å². The van der Waals surface area contributed by atoms with Crippen LogP contribution in [0.25, 0.3) is 20.8 Å². The molecule has 0 radical (unpaired) electrons. The Morgan fingerprint density at radius 2 is 1.78 bits per heavy atom. The highest BCUT2D eigenvalue weighted by Gasteiger charge is 2.40. The van der Waals surface area contributed by atoms with E-state index < -0.39 is 18.5 Å². The monoisotopic (exact) mass is 453 g/mol. The van der Waals surface area contributed by atoms with E-state index in [1.807, 2.05) is 12.1 Å². The zero-order valence-corrected chi connectivity index (χ0v) is 18.1. The number of aromatic nitrogens is 1. The summed E-state index contributed by atoms with van der Waals surface area (Å²) >= 11 is 1.45. The minimum Gasteiger partial charge on any atom is -0.497 e. The summed E-state index contributed by atoms with van der Waals surface area (Å²) in [5, 5.41) is 11.9. The molecule has 1 aliphatic rings. The third kappa shape index (κ3) is 3.77. The van der Waals surface area contributed by atoms with Gasteiger partial charge in [-0.15, -0.1) is 11.3 Å². The van der Waals surface area contributed by atoms with Crippen LogP contribution >= 0.6 is 11.3 Å². The summed E-state index contributed by atoms with van der Waals surface area (Å²) in [6.07, 6.45) is -2.59. The van der Waals surface area contributed by atoms with Crippen LogP contribution in [-0.2, 0) is 4.74 Å². The molecule has 1 N–H and O–H groups in total. The molecule has 164 valence electrons. The number of benzene rings is 3. The van der Waals surface area contributed by atoms with Crippen molar-refractivity contribution < 1.29 is 28.4 Å². The normalized spacial score (nSPS) is 19.9. The van der Waals surface area contributed by atoms with Gasteiger partial charge < -0.3 is 24.1 Å². The third-order valence-corrected chi connectivity index (χ3v) is 6.40. The molecule has 1 aromatic heterocycles. The molecule has 0 bridgehead atoms. The molecular formula is C24H20FNO5S. The zero-order valence-electron chi connectivity index (χ0n) is 17.3.